The van der Waals surface area contributed by atoms with Crippen molar-refractivity contribution in [1.29, 1.82) is 0 Å². The summed E-state index contributed by atoms with van der Waals surface area (Å²) in [6, 6.07) is 4.70. The van der Waals surface area contributed by atoms with Crippen molar-refractivity contribution in [1.82, 2.24) is 10.2 Å². The largest absolute Gasteiger partial charge is 0.399 e. The van der Waals surface area contributed by atoms with Gasteiger partial charge in [-0.3, -0.25) is 9.59 Å². The maximum atomic E-state index is 11.9. The molecule has 1 aromatic carbocycles. The van der Waals surface area contributed by atoms with Gasteiger partial charge in [-0.2, -0.15) is 0 Å². The van der Waals surface area contributed by atoms with Gasteiger partial charge in [0.1, 0.15) is 6.04 Å². The Kier molecular flexibility index (Phi) is 3.59. The predicted octanol–water partition coefficient (Wildman–Crippen LogP) is 0.271. The van der Waals surface area contributed by atoms with Gasteiger partial charge in [-0.1, -0.05) is 0 Å². The molecule has 1 aliphatic rings. The Labute approximate surface area is 112 Å². The van der Waals surface area contributed by atoms with E-state index in [1.165, 1.54) is 0 Å². The van der Waals surface area contributed by atoms with E-state index in [4.69, 9.17) is 5.73 Å². The van der Waals surface area contributed by atoms with Crippen molar-refractivity contribution in [2.75, 3.05) is 31.7 Å². The van der Waals surface area contributed by atoms with Crippen molar-refractivity contribution in [2.24, 2.45) is 0 Å². The molecular formula is C13H18N4O2. The molecule has 0 saturated carbocycles. The number of carbonyl (C=O) groups excluding carboxylic acids is 2. The highest BCUT2D eigenvalue weighted by Crippen LogP contribution is 2.22. The molecule has 0 aliphatic carbocycles. The van der Waals surface area contributed by atoms with Crippen molar-refractivity contribution >= 4 is 23.2 Å². The summed E-state index contributed by atoms with van der Waals surface area (Å²) in [5.41, 5.74) is 7.36. The number of anilines is 2. The first kappa shape index (κ1) is 13.2. The zero-order chi connectivity index (χ0) is 14.0. The van der Waals surface area contributed by atoms with Crippen molar-refractivity contribution in [3.63, 3.8) is 0 Å². The van der Waals surface area contributed by atoms with Crippen molar-refractivity contribution in [3.8, 4) is 0 Å². The topological polar surface area (TPSA) is 87.5 Å². The molecular weight excluding hydrogens is 244 g/mol. The molecule has 1 aliphatic heterocycles. The van der Waals surface area contributed by atoms with Gasteiger partial charge >= 0.3 is 0 Å². The third-order valence-electron chi connectivity index (χ3n) is 3.27. The zero-order valence-corrected chi connectivity index (χ0v) is 11.1. The lowest BCUT2D eigenvalue weighted by atomic mass is 10.1. The van der Waals surface area contributed by atoms with Crippen molar-refractivity contribution in [2.45, 2.75) is 12.5 Å². The highest BCUT2D eigenvalue weighted by atomic mass is 16.2. The fraction of sp³-hybridized carbons (Fsp3) is 0.385. The minimum Gasteiger partial charge on any atom is -0.399 e. The van der Waals surface area contributed by atoms with Crippen LogP contribution in [0.4, 0.5) is 11.4 Å². The van der Waals surface area contributed by atoms with Crippen LogP contribution in [0.2, 0.25) is 0 Å². The Bertz CT molecular complexity index is 515. The average molecular weight is 262 g/mol. The smallest absolute Gasteiger partial charge is 0.253 e. The van der Waals surface area contributed by atoms with Gasteiger partial charge in [0.05, 0.1) is 5.56 Å². The number of likely N-dealkylation sites (tertiary alicyclic amines) is 1. The number of hydrogen-bond donors (Lipinski definition) is 3. The van der Waals surface area contributed by atoms with Crippen molar-refractivity contribution < 1.29 is 9.59 Å². The number of likely N-dealkylation sites (N-methyl/N-ethyl adjacent to an activating group) is 1. The predicted molar refractivity (Wildman–Crippen MR) is 73.9 cm³/mol. The Hall–Kier alpha value is -2.24. The summed E-state index contributed by atoms with van der Waals surface area (Å²) in [6.07, 6.45) is 0.720. The van der Waals surface area contributed by atoms with Gasteiger partial charge in [-0.25, -0.2) is 0 Å². The molecule has 2 rings (SSSR count). The number of nitrogen functional groups attached to an aromatic ring is 1. The molecule has 1 fully saturated rings. The Balaban J connectivity index is 2.26. The fourth-order valence-electron chi connectivity index (χ4n) is 2.16. The van der Waals surface area contributed by atoms with Crippen LogP contribution in [-0.4, -0.2) is 43.4 Å². The van der Waals surface area contributed by atoms with E-state index in [0.29, 0.717) is 23.5 Å². The molecule has 102 valence electrons. The van der Waals surface area contributed by atoms with Crippen LogP contribution in [0.15, 0.2) is 18.2 Å². The average Bonchev–Trinajstić information content (AvgIpc) is 2.70. The molecule has 4 N–H and O–H groups in total. The van der Waals surface area contributed by atoms with E-state index in [1.54, 1.807) is 37.2 Å². The molecule has 1 unspecified atom stereocenters. The number of carbonyl (C=O) groups is 2. The van der Waals surface area contributed by atoms with Gasteiger partial charge < -0.3 is 21.3 Å². The second-order valence-corrected chi connectivity index (χ2v) is 4.63. The van der Waals surface area contributed by atoms with Gasteiger partial charge in [0, 0.05) is 32.0 Å². The van der Waals surface area contributed by atoms with E-state index < -0.39 is 0 Å². The summed E-state index contributed by atoms with van der Waals surface area (Å²) in [7, 11) is 3.33. The zero-order valence-electron chi connectivity index (χ0n) is 11.1. The van der Waals surface area contributed by atoms with Gasteiger partial charge in [0.25, 0.3) is 5.91 Å². The lowest BCUT2D eigenvalue weighted by Crippen LogP contribution is -2.32. The lowest BCUT2D eigenvalue weighted by Gasteiger charge is -2.16. The maximum absolute atomic E-state index is 11.9. The number of amides is 2. The van der Waals surface area contributed by atoms with E-state index in [2.05, 4.69) is 10.6 Å². The molecule has 0 spiro atoms. The Morgan fingerprint density at radius 3 is 2.79 bits per heavy atom. The molecule has 1 atom stereocenters. The number of hydrogen-bond acceptors (Lipinski definition) is 4. The summed E-state index contributed by atoms with van der Waals surface area (Å²) < 4.78 is 0. The number of nitrogens with one attached hydrogen (secondary N) is 2. The van der Waals surface area contributed by atoms with E-state index in [9.17, 15) is 9.59 Å². The second-order valence-electron chi connectivity index (χ2n) is 4.63. The number of benzene rings is 1. The fourth-order valence-corrected chi connectivity index (χ4v) is 2.16. The van der Waals surface area contributed by atoms with Crippen LogP contribution >= 0.6 is 0 Å². The molecule has 0 bridgehead atoms. The van der Waals surface area contributed by atoms with Crippen LogP contribution in [0.3, 0.4) is 0 Å². The molecule has 19 heavy (non-hydrogen) atoms. The van der Waals surface area contributed by atoms with Crippen LogP contribution in [0.1, 0.15) is 16.8 Å². The molecule has 0 aromatic heterocycles. The monoisotopic (exact) mass is 262 g/mol. The highest BCUT2D eigenvalue weighted by molar-refractivity contribution is 6.01. The summed E-state index contributed by atoms with van der Waals surface area (Å²) >= 11 is 0. The van der Waals surface area contributed by atoms with E-state index in [-0.39, 0.29) is 17.9 Å². The van der Waals surface area contributed by atoms with E-state index in [1.807, 2.05) is 0 Å². The third-order valence-corrected chi connectivity index (χ3v) is 3.27. The molecule has 1 saturated heterocycles. The standard InChI is InChI=1S/C13H18N4O2/c1-15-12(18)9-4-3-8(14)7-11(9)16-10-5-6-17(2)13(10)19/h3-4,7,10,16H,5-6,14H2,1-2H3,(H,15,18). The first-order valence-electron chi connectivity index (χ1n) is 6.16. The molecule has 2 amide bonds. The van der Waals surface area contributed by atoms with Gasteiger partial charge in [-0.15, -0.1) is 0 Å². The maximum Gasteiger partial charge on any atom is 0.253 e. The first-order valence-corrected chi connectivity index (χ1v) is 6.16. The minimum absolute atomic E-state index is 0.0327. The summed E-state index contributed by atoms with van der Waals surface area (Å²) in [5.74, 6) is -0.174. The molecule has 1 heterocycles. The van der Waals surface area contributed by atoms with Crippen molar-refractivity contribution in [3.05, 3.63) is 23.8 Å². The second kappa shape index (κ2) is 5.17. The molecule has 6 heteroatoms. The third kappa shape index (κ3) is 2.62. The summed E-state index contributed by atoms with van der Waals surface area (Å²) in [5, 5.41) is 5.68. The summed E-state index contributed by atoms with van der Waals surface area (Å²) in [4.78, 5) is 25.3. The Morgan fingerprint density at radius 2 is 2.21 bits per heavy atom. The lowest BCUT2D eigenvalue weighted by molar-refractivity contribution is -0.127. The van der Waals surface area contributed by atoms with Gasteiger partial charge in [0.15, 0.2) is 0 Å². The SMILES string of the molecule is CNC(=O)c1ccc(N)cc1NC1CCN(C)C1=O. The van der Waals surface area contributed by atoms with Crippen LogP contribution < -0.4 is 16.4 Å². The highest BCUT2D eigenvalue weighted by Gasteiger charge is 2.29. The van der Waals surface area contributed by atoms with Crippen LogP contribution in [0.5, 0.6) is 0 Å². The van der Waals surface area contributed by atoms with E-state index >= 15 is 0 Å². The molecule has 1 aromatic rings. The molecule has 6 nitrogen and oxygen atoms in total. The van der Waals surface area contributed by atoms with Crippen LogP contribution in [-0.2, 0) is 4.79 Å². The van der Waals surface area contributed by atoms with Gasteiger partial charge in [0.2, 0.25) is 5.91 Å². The molecule has 0 radical (unpaired) electrons. The number of nitrogens with two attached hydrogens (primary N) is 1. The summed E-state index contributed by atoms with van der Waals surface area (Å²) in [6.45, 7) is 0.716. The quantitative estimate of drug-likeness (QED) is 0.682. The van der Waals surface area contributed by atoms with E-state index in [0.717, 1.165) is 6.42 Å². The van der Waals surface area contributed by atoms with Gasteiger partial charge in [-0.05, 0) is 24.6 Å². The van der Waals surface area contributed by atoms with Crippen LogP contribution in [0.25, 0.3) is 0 Å². The van der Waals surface area contributed by atoms with Crippen LogP contribution in [0, 0.1) is 0 Å². The first-order chi connectivity index (χ1) is 9.02. The minimum atomic E-state index is -0.296. The number of nitrogens with zero attached hydrogens (tertiary/aromatic N) is 1. The normalized spacial score (nSPS) is 18.5. The Morgan fingerprint density at radius 1 is 1.47 bits per heavy atom. The number of rotatable bonds is 3.